The van der Waals surface area contributed by atoms with E-state index >= 15 is 0 Å². The highest BCUT2D eigenvalue weighted by atomic mass is 32.1. The summed E-state index contributed by atoms with van der Waals surface area (Å²) in [5.74, 6) is 0. The van der Waals surface area contributed by atoms with Gasteiger partial charge in [-0.15, -0.1) is 11.3 Å². The van der Waals surface area contributed by atoms with Crippen molar-refractivity contribution in [1.29, 1.82) is 0 Å². The molecule has 0 aliphatic carbocycles. The fraction of sp³-hybridized carbons (Fsp3) is 0. The molecule has 0 unspecified atom stereocenters. The van der Waals surface area contributed by atoms with E-state index in [9.17, 15) is 9.59 Å². The quantitative estimate of drug-likeness (QED) is 0.666. The van der Waals surface area contributed by atoms with Gasteiger partial charge in [0, 0.05) is 10.4 Å². The normalized spacial score (nSPS) is 10.5. The maximum absolute atomic E-state index is 10.9. The molecule has 0 aliphatic heterocycles. The van der Waals surface area contributed by atoms with E-state index < -0.39 is 0 Å². The minimum atomic E-state index is 0.659. The van der Waals surface area contributed by atoms with Crippen molar-refractivity contribution < 1.29 is 9.59 Å². The van der Waals surface area contributed by atoms with E-state index in [4.69, 9.17) is 0 Å². The number of hydrogen-bond acceptors (Lipinski definition) is 3. The molecule has 2 nitrogen and oxygen atoms in total. The minimum Gasteiger partial charge on any atom is -0.298 e. The van der Waals surface area contributed by atoms with Crippen LogP contribution in [-0.2, 0) is 0 Å². The Bertz CT molecular complexity index is 771. The molecular weight excluding hydrogens is 256 g/mol. The van der Waals surface area contributed by atoms with Crippen LogP contribution in [0, 0.1) is 0 Å². The molecule has 92 valence electrons. The smallest absolute Gasteiger partial charge is 0.160 e. The van der Waals surface area contributed by atoms with Gasteiger partial charge >= 0.3 is 0 Å². The number of rotatable bonds is 3. The molecule has 0 N–H and O–H groups in total. The zero-order valence-corrected chi connectivity index (χ0v) is 10.8. The summed E-state index contributed by atoms with van der Waals surface area (Å²) < 4.78 is 0. The van der Waals surface area contributed by atoms with Gasteiger partial charge < -0.3 is 0 Å². The molecule has 3 rings (SSSR count). The summed E-state index contributed by atoms with van der Waals surface area (Å²) in [6.07, 6.45) is 1.71. The Balaban J connectivity index is 2.27. The Morgan fingerprint density at radius 3 is 2.53 bits per heavy atom. The highest BCUT2D eigenvalue weighted by molar-refractivity contribution is 7.17. The first kappa shape index (κ1) is 11.8. The van der Waals surface area contributed by atoms with Gasteiger partial charge in [-0.05, 0) is 34.5 Å². The van der Waals surface area contributed by atoms with Crippen molar-refractivity contribution in [3.63, 3.8) is 0 Å². The van der Waals surface area contributed by atoms with Gasteiger partial charge in [0.2, 0.25) is 0 Å². The molecule has 1 aromatic heterocycles. The number of benzene rings is 2. The van der Waals surface area contributed by atoms with Crippen LogP contribution in [0.25, 0.3) is 21.2 Å². The predicted molar refractivity (Wildman–Crippen MR) is 78.0 cm³/mol. The van der Waals surface area contributed by atoms with E-state index in [-0.39, 0.29) is 0 Å². The molecule has 3 heteroatoms. The summed E-state index contributed by atoms with van der Waals surface area (Å²) in [6.45, 7) is 0. The minimum absolute atomic E-state index is 0.659. The molecule has 1 heterocycles. The van der Waals surface area contributed by atoms with Crippen LogP contribution in [0.2, 0.25) is 0 Å². The molecule has 0 spiro atoms. The second-order valence-corrected chi connectivity index (χ2v) is 5.34. The SMILES string of the molecule is O=Cc1ccc2cccc(-c3ccc(C=O)s3)c2c1. The van der Waals surface area contributed by atoms with E-state index in [0.29, 0.717) is 10.4 Å². The van der Waals surface area contributed by atoms with Crippen LogP contribution in [0.15, 0.2) is 48.5 Å². The molecule has 0 amide bonds. The number of thiophene rings is 1. The summed E-state index contributed by atoms with van der Waals surface area (Å²) in [6, 6.07) is 15.4. The third-order valence-electron chi connectivity index (χ3n) is 3.05. The number of carbonyl (C=O) groups excluding carboxylic acids is 2. The van der Waals surface area contributed by atoms with Crippen molar-refractivity contribution in [2.24, 2.45) is 0 Å². The standard InChI is InChI=1S/C16H10O2S/c17-9-11-4-5-12-2-1-3-14(15(12)8-11)16-7-6-13(10-18)19-16/h1-10H. The Morgan fingerprint density at radius 1 is 0.895 bits per heavy atom. The van der Waals surface area contributed by atoms with Gasteiger partial charge in [0.25, 0.3) is 0 Å². The van der Waals surface area contributed by atoms with E-state index in [1.54, 1.807) is 0 Å². The molecule has 0 saturated carbocycles. The van der Waals surface area contributed by atoms with Gasteiger partial charge in [-0.3, -0.25) is 9.59 Å². The van der Waals surface area contributed by atoms with Crippen LogP contribution in [0.5, 0.6) is 0 Å². The van der Waals surface area contributed by atoms with Crippen LogP contribution in [-0.4, -0.2) is 12.6 Å². The van der Waals surface area contributed by atoms with Gasteiger partial charge in [-0.25, -0.2) is 0 Å². The highest BCUT2D eigenvalue weighted by Gasteiger charge is 2.07. The third-order valence-corrected chi connectivity index (χ3v) is 4.09. The Kier molecular flexibility index (Phi) is 2.97. The zero-order chi connectivity index (χ0) is 13.2. The van der Waals surface area contributed by atoms with Gasteiger partial charge in [0.15, 0.2) is 6.29 Å². The van der Waals surface area contributed by atoms with Crippen LogP contribution >= 0.6 is 11.3 Å². The molecule has 0 radical (unpaired) electrons. The summed E-state index contributed by atoms with van der Waals surface area (Å²) in [4.78, 5) is 23.4. The summed E-state index contributed by atoms with van der Waals surface area (Å²) >= 11 is 1.46. The van der Waals surface area contributed by atoms with Crippen molar-refractivity contribution in [3.05, 3.63) is 59.0 Å². The zero-order valence-electron chi connectivity index (χ0n) is 10.00. The number of aldehydes is 2. The lowest BCUT2D eigenvalue weighted by molar-refractivity contribution is 0.111. The fourth-order valence-electron chi connectivity index (χ4n) is 2.14. The highest BCUT2D eigenvalue weighted by Crippen LogP contribution is 2.33. The Morgan fingerprint density at radius 2 is 1.79 bits per heavy atom. The average molecular weight is 266 g/mol. The van der Waals surface area contributed by atoms with Crippen LogP contribution < -0.4 is 0 Å². The second-order valence-electron chi connectivity index (χ2n) is 4.22. The van der Waals surface area contributed by atoms with Gasteiger partial charge in [-0.2, -0.15) is 0 Å². The van der Waals surface area contributed by atoms with E-state index in [2.05, 4.69) is 0 Å². The van der Waals surface area contributed by atoms with Crippen molar-refractivity contribution >= 4 is 34.7 Å². The lowest BCUT2D eigenvalue weighted by Gasteiger charge is -2.05. The monoisotopic (exact) mass is 266 g/mol. The van der Waals surface area contributed by atoms with Gasteiger partial charge in [-0.1, -0.05) is 30.3 Å². The van der Waals surface area contributed by atoms with E-state index in [0.717, 1.165) is 33.8 Å². The summed E-state index contributed by atoms with van der Waals surface area (Å²) in [7, 11) is 0. The molecule has 2 aromatic carbocycles. The number of fused-ring (bicyclic) bond motifs is 1. The molecule has 0 bridgehead atoms. The van der Waals surface area contributed by atoms with Crippen LogP contribution in [0.1, 0.15) is 20.0 Å². The predicted octanol–water partition coefficient (Wildman–Crippen LogP) is 4.19. The van der Waals surface area contributed by atoms with Crippen molar-refractivity contribution in [1.82, 2.24) is 0 Å². The summed E-state index contributed by atoms with van der Waals surface area (Å²) in [5.41, 5.74) is 1.71. The lowest BCUT2D eigenvalue weighted by atomic mass is 10.0. The topological polar surface area (TPSA) is 34.1 Å². The van der Waals surface area contributed by atoms with E-state index in [1.807, 2.05) is 48.5 Å². The Labute approximate surface area is 114 Å². The first-order valence-corrected chi connectivity index (χ1v) is 6.67. The molecule has 0 atom stereocenters. The molecule has 3 aromatic rings. The molecule has 0 saturated heterocycles. The van der Waals surface area contributed by atoms with Gasteiger partial charge in [0.05, 0.1) is 4.88 Å². The molecule has 0 aliphatic rings. The first-order chi connectivity index (χ1) is 9.31. The fourth-order valence-corrected chi connectivity index (χ4v) is 3.00. The third kappa shape index (κ3) is 2.09. The van der Waals surface area contributed by atoms with E-state index in [1.165, 1.54) is 11.3 Å². The first-order valence-electron chi connectivity index (χ1n) is 5.85. The van der Waals surface area contributed by atoms with Crippen molar-refractivity contribution in [3.8, 4) is 10.4 Å². The molecule has 0 fully saturated rings. The number of hydrogen-bond donors (Lipinski definition) is 0. The number of carbonyl (C=O) groups is 2. The van der Waals surface area contributed by atoms with Crippen LogP contribution in [0.3, 0.4) is 0 Å². The largest absolute Gasteiger partial charge is 0.298 e. The van der Waals surface area contributed by atoms with Crippen LogP contribution in [0.4, 0.5) is 0 Å². The molecular formula is C16H10O2S. The Hall–Kier alpha value is -2.26. The second kappa shape index (κ2) is 4.78. The summed E-state index contributed by atoms with van der Waals surface area (Å²) in [5, 5.41) is 2.12. The molecule has 19 heavy (non-hydrogen) atoms. The maximum atomic E-state index is 10.9. The maximum Gasteiger partial charge on any atom is 0.160 e. The van der Waals surface area contributed by atoms with Gasteiger partial charge in [0.1, 0.15) is 6.29 Å². The average Bonchev–Trinajstić information content (AvgIpc) is 2.94. The van der Waals surface area contributed by atoms with Crippen molar-refractivity contribution in [2.45, 2.75) is 0 Å². The van der Waals surface area contributed by atoms with Crippen molar-refractivity contribution in [2.75, 3.05) is 0 Å². The lowest BCUT2D eigenvalue weighted by Crippen LogP contribution is -1.82.